The second kappa shape index (κ2) is 6.41. The lowest BCUT2D eigenvalue weighted by molar-refractivity contribution is -0.124. The van der Waals surface area contributed by atoms with Crippen LogP contribution in [0.1, 0.15) is 30.5 Å². The molecular weight excluding hydrogens is 232 g/mol. The van der Waals surface area contributed by atoms with Crippen LogP contribution in [0.4, 0.5) is 0 Å². The minimum atomic E-state index is -0.555. The van der Waals surface area contributed by atoms with Crippen LogP contribution in [0.2, 0.25) is 0 Å². The van der Waals surface area contributed by atoms with Crippen molar-refractivity contribution in [1.29, 1.82) is 5.26 Å². The highest BCUT2D eigenvalue weighted by atomic mass is 32.1. The molecule has 1 unspecified atom stereocenters. The number of carbonyl (C=O) groups excluding carboxylic acids is 1. The highest BCUT2D eigenvalue weighted by Crippen LogP contribution is 2.17. The van der Waals surface area contributed by atoms with Crippen molar-refractivity contribution in [3.8, 4) is 6.07 Å². The summed E-state index contributed by atoms with van der Waals surface area (Å²) in [5.74, 6) is -0.677. The molecule has 1 aromatic heterocycles. The summed E-state index contributed by atoms with van der Waals surface area (Å²) in [5.41, 5.74) is 0. The molecule has 0 saturated carbocycles. The van der Waals surface area contributed by atoms with E-state index in [0.29, 0.717) is 6.54 Å². The van der Waals surface area contributed by atoms with Gasteiger partial charge in [0, 0.05) is 9.75 Å². The predicted octanol–water partition coefficient (Wildman–Crippen LogP) is 2.72. The van der Waals surface area contributed by atoms with Crippen molar-refractivity contribution in [1.82, 2.24) is 5.32 Å². The second-order valence-corrected chi connectivity index (χ2v) is 5.54. The van der Waals surface area contributed by atoms with Crippen LogP contribution < -0.4 is 5.32 Å². The van der Waals surface area contributed by atoms with Gasteiger partial charge in [0.15, 0.2) is 0 Å². The van der Waals surface area contributed by atoms with E-state index in [-0.39, 0.29) is 11.8 Å². The fourth-order valence-electron chi connectivity index (χ4n) is 1.50. The van der Waals surface area contributed by atoms with Crippen molar-refractivity contribution in [3.05, 3.63) is 21.9 Å². The van der Waals surface area contributed by atoms with E-state index in [2.05, 4.69) is 18.3 Å². The van der Waals surface area contributed by atoms with Gasteiger partial charge in [-0.3, -0.25) is 4.79 Å². The smallest absolute Gasteiger partial charge is 0.237 e. The first kappa shape index (κ1) is 13.7. The van der Waals surface area contributed by atoms with Gasteiger partial charge in [-0.1, -0.05) is 20.8 Å². The van der Waals surface area contributed by atoms with E-state index < -0.39 is 5.92 Å². The molecule has 1 aromatic rings. The van der Waals surface area contributed by atoms with Crippen LogP contribution >= 0.6 is 11.3 Å². The summed E-state index contributed by atoms with van der Waals surface area (Å²) < 4.78 is 0. The number of nitrogens with one attached hydrogen (secondary N) is 1. The van der Waals surface area contributed by atoms with Crippen LogP contribution in [-0.4, -0.2) is 5.91 Å². The molecule has 1 amide bonds. The van der Waals surface area contributed by atoms with Gasteiger partial charge >= 0.3 is 0 Å². The topological polar surface area (TPSA) is 52.9 Å². The molecule has 1 atom stereocenters. The van der Waals surface area contributed by atoms with Crippen molar-refractivity contribution in [2.45, 2.75) is 33.7 Å². The fourth-order valence-corrected chi connectivity index (χ4v) is 2.40. The number of thiophene rings is 1. The maximum Gasteiger partial charge on any atom is 0.237 e. The van der Waals surface area contributed by atoms with Gasteiger partial charge in [-0.05, 0) is 24.5 Å². The maximum atomic E-state index is 11.7. The maximum absolute atomic E-state index is 11.7. The molecule has 0 aromatic carbocycles. The zero-order chi connectivity index (χ0) is 12.8. The average molecular weight is 250 g/mol. The molecule has 0 radical (unpaired) electrons. The Hall–Kier alpha value is -1.34. The molecule has 17 heavy (non-hydrogen) atoms. The van der Waals surface area contributed by atoms with Crippen LogP contribution in [-0.2, 0) is 17.8 Å². The van der Waals surface area contributed by atoms with Gasteiger partial charge in [-0.25, -0.2) is 0 Å². The first-order valence-corrected chi connectivity index (χ1v) is 6.65. The number of hydrogen-bond acceptors (Lipinski definition) is 3. The summed E-state index contributed by atoms with van der Waals surface area (Å²) in [6, 6.07) is 6.15. The summed E-state index contributed by atoms with van der Waals surface area (Å²) in [4.78, 5) is 14.2. The Morgan fingerprint density at radius 1 is 1.47 bits per heavy atom. The van der Waals surface area contributed by atoms with Gasteiger partial charge in [0.25, 0.3) is 0 Å². The monoisotopic (exact) mass is 250 g/mol. The van der Waals surface area contributed by atoms with Crippen LogP contribution in [0.5, 0.6) is 0 Å². The average Bonchev–Trinajstić information content (AvgIpc) is 2.74. The van der Waals surface area contributed by atoms with Gasteiger partial charge in [0.05, 0.1) is 12.6 Å². The molecule has 92 valence electrons. The highest BCUT2D eigenvalue weighted by molar-refractivity contribution is 7.11. The number of rotatable bonds is 5. The van der Waals surface area contributed by atoms with E-state index in [1.165, 1.54) is 4.88 Å². The molecule has 1 N–H and O–H groups in total. The molecule has 1 rings (SSSR count). The first-order chi connectivity index (χ1) is 8.08. The van der Waals surface area contributed by atoms with Gasteiger partial charge < -0.3 is 5.32 Å². The van der Waals surface area contributed by atoms with Crippen LogP contribution in [0, 0.1) is 23.2 Å². The Morgan fingerprint density at radius 3 is 2.59 bits per heavy atom. The number of nitrogens with zero attached hydrogens (tertiary/aromatic N) is 1. The molecule has 0 spiro atoms. The van der Waals surface area contributed by atoms with Crippen molar-refractivity contribution in [2.75, 3.05) is 0 Å². The second-order valence-electron chi connectivity index (χ2n) is 4.29. The molecule has 1 heterocycles. The number of nitriles is 1. The van der Waals surface area contributed by atoms with Crippen LogP contribution in [0.3, 0.4) is 0 Å². The van der Waals surface area contributed by atoms with Crippen LogP contribution in [0.15, 0.2) is 12.1 Å². The summed E-state index contributed by atoms with van der Waals surface area (Å²) >= 11 is 1.70. The Morgan fingerprint density at radius 2 is 2.12 bits per heavy atom. The minimum Gasteiger partial charge on any atom is -0.350 e. The Balaban J connectivity index is 2.50. The molecule has 0 aliphatic carbocycles. The van der Waals surface area contributed by atoms with Crippen molar-refractivity contribution in [2.24, 2.45) is 11.8 Å². The summed E-state index contributed by atoms with van der Waals surface area (Å²) in [7, 11) is 0. The number of aryl methyl sites for hydroxylation is 1. The quantitative estimate of drug-likeness (QED) is 0.873. The predicted molar refractivity (Wildman–Crippen MR) is 69.5 cm³/mol. The molecule has 0 aliphatic rings. The Labute approximate surface area is 106 Å². The molecule has 3 nitrogen and oxygen atoms in total. The molecule has 0 aliphatic heterocycles. The van der Waals surface area contributed by atoms with Gasteiger partial charge in [-0.15, -0.1) is 11.3 Å². The summed E-state index contributed by atoms with van der Waals surface area (Å²) in [6.07, 6.45) is 1.02. The lowest BCUT2D eigenvalue weighted by Gasteiger charge is -2.12. The zero-order valence-electron chi connectivity index (χ0n) is 10.5. The van der Waals surface area contributed by atoms with Gasteiger partial charge in [0.1, 0.15) is 5.92 Å². The van der Waals surface area contributed by atoms with E-state index in [9.17, 15) is 4.79 Å². The third-order valence-corrected chi connectivity index (χ3v) is 3.82. The van der Waals surface area contributed by atoms with E-state index in [1.54, 1.807) is 11.3 Å². The zero-order valence-corrected chi connectivity index (χ0v) is 11.3. The van der Waals surface area contributed by atoms with Crippen LogP contribution in [0.25, 0.3) is 0 Å². The van der Waals surface area contributed by atoms with E-state index in [1.807, 2.05) is 26.0 Å². The van der Waals surface area contributed by atoms with Gasteiger partial charge in [-0.2, -0.15) is 5.26 Å². The van der Waals surface area contributed by atoms with Crippen molar-refractivity contribution in [3.63, 3.8) is 0 Å². The fraction of sp³-hybridized carbons (Fsp3) is 0.538. The Kier molecular flexibility index (Phi) is 5.17. The third kappa shape index (κ3) is 3.86. The number of hydrogen-bond donors (Lipinski definition) is 1. The van der Waals surface area contributed by atoms with E-state index in [4.69, 9.17) is 5.26 Å². The van der Waals surface area contributed by atoms with Crippen molar-refractivity contribution >= 4 is 17.2 Å². The normalized spacial score (nSPS) is 12.2. The highest BCUT2D eigenvalue weighted by Gasteiger charge is 2.21. The lowest BCUT2D eigenvalue weighted by atomic mass is 9.97. The first-order valence-electron chi connectivity index (χ1n) is 5.83. The van der Waals surface area contributed by atoms with Crippen molar-refractivity contribution < 1.29 is 4.79 Å². The molecule has 0 bridgehead atoms. The molecule has 4 heteroatoms. The standard InChI is InChI=1S/C13H18N2OS/c1-4-10-5-6-11(17-10)8-15-13(16)12(7-14)9(2)3/h5-6,9,12H,4,8H2,1-3H3,(H,15,16). The third-order valence-electron chi connectivity index (χ3n) is 2.59. The number of carbonyl (C=O) groups is 1. The number of amides is 1. The Bertz CT molecular complexity index is 417. The summed E-state index contributed by atoms with van der Waals surface area (Å²) in [6.45, 7) is 6.40. The SMILES string of the molecule is CCc1ccc(CNC(=O)C(C#N)C(C)C)s1. The largest absolute Gasteiger partial charge is 0.350 e. The van der Waals surface area contributed by atoms with E-state index in [0.717, 1.165) is 11.3 Å². The molecule has 0 saturated heterocycles. The summed E-state index contributed by atoms with van der Waals surface area (Å²) in [5, 5.41) is 11.7. The minimum absolute atomic E-state index is 0.0505. The molecular formula is C13H18N2OS. The van der Waals surface area contributed by atoms with Gasteiger partial charge in [0.2, 0.25) is 5.91 Å². The van der Waals surface area contributed by atoms with E-state index >= 15 is 0 Å². The molecule has 0 fully saturated rings. The lowest BCUT2D eigenvalue weighted by Crippen LogP contribution is -2.32.